The second kappa shape index (κ2) is 8.88. The fourth-order valence-electron chi connectivity index (χ4n) is 4.05. The third-order valence-electron chi connectivity index (χ3n) is 5.82. The van der Waals surface area contributed by atoms with Gasteiger partial charge in [-0.25, -0.2) is 9.97 Å². The molecule has 4 rings (SSSR count). The monoisotopic (exact) mass is 394 g/mol. The molecule has 0 bridgehead atoms. The first-order chi connectivity index (χ1) is 14.2. The Hall–Kier alpha value is -2.51. The minimum atomic E-state index is 0.476. The van der Waals surface area contributed by atoms with Crippen LogP contribution >= 0.6 is 0 Å². The van der Waals surface area contributed by atoms with Gasteiger partial charge < -0.3 is 14.2 Å². The predicted molar refractivity (Wildman–Crippen MR) is 115 cm³/mol. The lowest BCUT2D eigenvalue weighted by Gasteiger charge is -2.32. The minimum absolute atomic E-state index is 0.476. The number of imidazole rings is 1. The summed E-state index contributed by atoms with van der Waals surface area (Å²) in [4.78, 5) is 18.8. The van der Waals surface area contributed by atoms with Gasteiger partial charge in [-0.3, -0.25) is 9.88 Å². The Morgan fingerprint density at radius 3 is 2.76 bits per heavy atom. The van der Waals surface area contributed by atoms with Crippen molar-refractivity contribution in [2.75, 3.05) is 45.3 Å². The molecule has 0 saturated carbocycles. The number of likely N-dealkylation sites (tertiary alicyclic amines) is 1. The fraction of sp³-hybridized carbons (Fsp3) is 0.500. The third-order valence-corrected chi connectivity index (χ3v) is 5.82. The Morgan fingerprint density at radius 2 is 2.03 bits per heavy atom. The van der Waals surface area contributed by atoms with Gasteiger partial charge >= 0.3 is 0 Å². The first-order valence-corrected chi connectivity index (χ1v) is 10.3. The highest BCUT2D eigenvalue weighted by Crippen LogP contribution is 2.32. The van der Waals surface area contributed by atoms with Crippen LogP contribution in [-0.4, -0.2) is 64.8 Å². The standard InChI is InChI=1S/C22H30N6O/c1-26(12-13-29-3)22-21-20(27(2)16-24-21)14-19(25-22)17-7-10-28(11-8-17)15-18-6-4-5-9-23-18/h4-6,9,14,16-17H,7-8,10-13,15H2,1-3H3. The van der Waals surface area contributed by atoms with E-state index in [2.05, 4.69) is 49.6 Å². The largest absolute Gasteiger partial charge is 0.383 e. The smallest absolute Gasteiger partial charge is 0.156 e. The van der Waals surface area contributed by atoms with Crippen molar-refractivity contribution in [3.63, 3.8) is 0 Å². The molecular formula is C22H30N6O. The van der Waals surface area contributed by atoms with Crippen molar-refractivity contribution >= 4 is 16.9 Å². The van der Waals surface area contributed by atoms with E-state index in [0.717, 1.165) is 61.6 Å². The highest BCUT2D eigenvalue weighted by molar-refractivity contribution is 5.87. The molecule has 3 aromatic heterocycles. The summed E-state index contributed by atoms with van der Waals surface area (Å²) in [5.74, 6) is 1.43. The van der Waals surface area contributed by atoms with Gasteiger partial charge in [-0.2, -0.15) is 0 Å². The minimum Gasteiger partial charge on any atom is -0.383 e. The average molecular weight is 395 g/mol. The summed E-state index contributed by atoms with van der Waals surface area (Å²) in [5.41, 5.74) is 4.42. The van der Waals surface area contributed by atoms with E-state index in [-0.39, 0.29) is 0 Å². The summed E-state index contributed by atoms with van der Waals surface area (Å²) in [6.45, 7) is 4.53. The van der Waals surface area contributed by atoms with Crippen LogP contribution in [0.15, 0.2) is 36.8 Å². The Labute approximate surface area is 172 Å². The summed E-state index contributed by atoms with van der Waals surface area (Å²) >= 11 is 0. The number of anilines is 1. The van der Waals surface area contributed by atoms with Gasteiger partial charge in [0.05, 0.1) is 24.1 Å². The molecule has 0 radical (unpaired) electrons. The Bertz CT molecular complexity index is 933. The molecule has 1 aliphatic rings. The molecule has 0 amide bonds. The second-order valence-corrected chi connectivity index (χ2v) is 7.88. The number of nitrogens with zero attached hydrogens (tertiary/aromatic N) is 6. The van der Waals surface area contributed by atoms with Gasteiger partial charge in [-0.15, -0.1) is 0 Å². The van der Waals surface area contributed by atoms with E-state index in [1.165, 1.54) is 5.69 Å². The number of hydrogen-bond donors (Lipinski definition) is 0. The van der Waals surface area contributed by atoms with Crippen molar-refractivity contribution in [2.45, 2.75) is 25.3 Å². The third kappa shape index (κ3) is 4.41. The molecule has 29 heavy (non-hydrogen) atoms. The van der Waals surface area contributed by atoms with Crippen molar-refractivity contribution in [3.8, 4) is 0 Å². The molecule has 7 heteroatoms. The van der Waals surface area contributed by atoms with Crippen molar-refractivity contribution in [1.29, 1.82) is 0 Å². The van der Waals surface area contributed by atoms with Crippen LogP contribution in [0.4, 0.5) is 5.82 Å². The number of fused-ring (bicyclic) bond motifs is 1. The molecule has 154 valence electrons. The molecule has 0 aromatic carbocycles. The number of hydrogen-bond acceptors (Lipinski definition) is 6. The Balaban J connectivity index is 1.51. The molecule has 0 N–H and O–H groups in total. The topological polar surface area (TPSA) is 59.3 Å². The van der Waals surface area contributed by atoms with Crippen LogP contribution in [0.3, 0.4) is 0 Å². The summed E-state index contributed by atoms with van der Waals surface area (Å²) in [6, 6.07) is 8.36. The van der Waals surface area contributed by atoms with Crippen LogP contribution in [0.1, 0.15) is 30.1 Å². The summed E-state index contributed by atoms with van der Waals surface area (Å²) in [5, 5.41) is 0. The molecular weight excluding hydrogens is 364 g/mol. The van der Waals surface area contributed by atoms with Gasteiger partial charge in [0.1, 0.15) is 5.52 Å². The maximum atomic E-state index is 5.25. The molecule has 0 atom stereocenters. The van der Waals surface area contributed by atoms with Crippen molar-refractivity contribution in [1.82, 2.24) is 24.4 Å². The molecule has 0 aliphatic carbocycles. The van der Waals surface area contributed by atoms with Crippen molar-refractivity contribution < 1.29 is 4.74 Å². The SMILES string of the molecule is COCCN(C)c1nc(C2CCN(Cc3ccccn3)CC2)cc2c1ncn2C. The van der Waals surface area contributed by atoms with Gasteiger partial charge in [0, 0.05) is 52.1 Å². The quantitative estimate of drug-likeness (QED) is 0.614. The molecule has 0 unspecified atom stereocenters. The Morgan fingerprint density at radius 1 is 1.21 bits per heavy atom. The summed E-state index contributed by atoms with van der Waals surface area (Å²) in [7, 11) is 5.84. The zero-order valence-electron chi connectivity index (χ0n) is 17.6. The number of likely N-dealkylation sites (N-methyl/N-ethyl adjacent to an activating group) is 1. The second-order valence-electron chi connectivity index (χ2n) is 7.88. The molecule has 1 fully saturated rings. The van der Waals surface area contributed by atoms with Crippen LogP contribution in [-0.2, 0) is 18.3 Å². The van der Waals surface area contributed by atoms with E-state index in [1.54, 1.807) is 7.11 Å². The van der Waals surface area contributed by atoms with Gasteiger partial charge in [0.25, 0.3) is 0 Å². The lowest BCUT2D eigenvalue weighted by molar-refractivity contribution is 0.201. The first-order valence-electron chi connectivity index (χ1n) is 10.3. The highest BCUT2D eigenvalue weighted by atomic mass is 16.5. The van der Waals surface area contributed by atoms with E-state index >= 15 is 0 Å². The van der Waals surface area contributed by atoms with Crippen LogP contribution in [0.5, 0.6) is 0 Å². The van der Waals surface area contributed by atoms with Gasteiger partial charge in [-0.1, -0.05) is 6.07 Å². The molecule has 7 nitrogen and oxygen atoms in total. The van der Waals surface area contributed by atoms with Gasteiger partial charge in [-0.05, 0) is 44.1 Å². The number of rotatable bonds is 7. The zero-order valence-corrected chi connectivity index (χ0v) is 17.6. The lowest BCUT2D eigenvalue weighted by Crippen LogP contribution is -2.33. The normalized spacial score (nSPS) is 15.8. The van der Waals surface area contributed by atoms with Crippen molar-refractivity contribution in [3.05, 3.63) is 48.2 Å². The number of pyridine rings is 2. The zero-order chi connectivity index (χ0) is 20.2. The van der Waals surface area contributed by atoms with E-state index < -0.39 is 0 Å². The first kappa shape index (κ1) is 19.8. The molecule has 1 aliphatic heterocycles. The molecule has 0 spiro atoms. The van der Waals surface area contributed by atoms with Gasteiger partial charge in [0.2, 0.25) is 0 Å². The van der Waals surface area contributed by atoms with Crippen LogP contribution in [0.2, 0.25) is 0 Å². The molecule has 1 saturated heterocycles. The van der Waals surface area contributed by atoms with Gasteiger partial charge in [0.15, 0.2) is 5.82 Å². The number of aromatic nitrogens is 4. The van der Waals surface area contributed by atoms with E-state index in [9.17, 15) is 0 Å². The fourth-order valence-corrected chi connectivity index (χ4v) is 4.05. The summed E-state index contributed by atoms with van der Waals surface area (Å²) < 4.78 is 7.34. The number of ether oxygens (including phenoxy) is 1. The molecule has 4 heterocycles. The predicted octanol–water partition coefficient (Wildman–Crippen LogP) is 2.83. The number of methoxy groups -OCH3 is 1. The number of piperidine rings is 1. The summed E-state index contributed by atoms with van der Waals surface area (Å²) in [6.07, 6.45) is 5.98. The Kier molecular flexibility index (Phi) is 6.06. The van der Waals surface area contributed by atoms with Crippen LogP contribution < -0.4 is 4.90 Å². The van der Waals surface area contributed by atoms with E-state index in [1.807, 2.05) is 25.6 Å². The average Bonchev–Trinajstić information content (AvgIpc) is 3.13. The molecule has 3 aromatic rings. The maximum Gasteiger partial charge on any atom is 0.156 e. The highest BCUT2D eigenvalue weighted by Gasteiger charge is 2.24. The van der Waals surface area contributed by atoms with Crippen LogP contribution in [0.25, 0.3) is 11.0 Å². The number of aryl methyl sites for hydroxylation is 1. The van der Waals surface area contributed by atoms with E-state index in [4.69, 9.17) is 9.72 Å². The van der Waals surface area contributed by atoms with E-state index in [0.29, 0.717) is 12.5 Å². The lowest BCUT2D eigenvalue weighted by atomic mass is 9.92. The van der Waals surface area contributed by atoms with Crippen molar-refractivity contribution in [2.24, 2.45) is 7.05 Å². The van der Waals surface area contributed by atoms with Crippen LogP contribution in [0, 0.1) is 0 Å². The maximum absolute atomic E-state index is 5.25.